The molecule has 1 atom stereocenters. The summed E-state index contributed by atoms with van der Waals surface area (Å²) in [7, 11) is 1.91. The minimum absolute atomic E-state index is 0.532. The van der Waals surface area contributed by atoms with E-state index in [2.05, 4.69) is 10.4 Å². The zero-order valence-electron chi connectivity index (χ0n) is 11.5. The number of benzene rings is 1. The van der Waals surface area contributed by atoms with E-state index in [4.69, 9.17) is 0 Å². The van der Waals surface area contributed by atoms with Crippen molar-refractivity contribution in [1.29, 1.82) is 0 Å². The van der Waals surface area contributed by atoms with Crippen molar-refractivity contribution in [2.45, 2.75) is 18.9 Å². The maximum absolute atomic E-state index is 10.4. The minimum Gasteiger partial charge on any atom is -0.384 e. The average Bonchev–Trinajstić information content (AvgIpc) is 2.82. The van der Waals surface area contributed by atoms with Crippen LogP contribution in [0.15, 0.2) is 42.6 Å². The largest absolute Gasteiger partial charge is 0.384 e. The summed E-state index contributed by atoms with van der Waals surface area (Å²) >= 11 is 0. The first kappa shape index (κ1) is 13.8. The first-order valence-corrected chi connectivity index (χ1v) is 6.55. The van der Waals surface area contributed by atoms with Crippen LogP contribution in [0.25, 0.3) is 0 Å². The van der Waals surface area contributed by atoms with Crippen molar-refractivity contribution in [3.63, 3.8) is 0 Å². The highest BCUT2D eigenvalue weighted by Crippen LogP contribution is 2.18. The van der Waals surface area contributed by atoms with Crippen molar-refractivity contribution >= 4 is 0 Å². The molecule has 19 heavy (non-hydrogen) atoms. The second kappa shape index (κ2) is 5.99. The first-order valence-electron chi connectivity index (χ1n) is 6.55. The van der Waals surface area contributed by atoms with E-state index in [1.54, 1.807) is 4.68 Å². The Morgan fingerprint density at radius 3 is 2.63 bits per heavy atom. The summed E-state index contributed by atoms with van der Waals surface area (Å²) in [6, 6.07) is 11.7. The molecule has 0 aliphatic heterocycles. The molecule has 2 rings (SSSR count). The predicted molar refractivity (Wildman–Crippen MR) is 75.8 cm³/mol. The molecule has 0 amide bonds. The lowest BCUT2D eigenvalue weighted by Crippen LogP contribution is -2.36. The Kier molecular flexibility index (Phi) is 4.35. The Morgan fingerprint density at radius 1 is 1.26 bits per heavy atom. The van der Waals surface area contributed by atoms with Gasteiger partial charge in [-0.05, 0) is 18.6 Å². The molecule has 0 aliphatic rings. The van der Waals surface area contributed by atoms with Crippen LogP contribution in [0.1, 0.15) is 18.2 Å². The normalized spacial score (nSPS) is 14.3. The fraction of sp³-hybridized carbons (Fsp3) is 0.400. The topological polar surface area (TPSA) is 50.1 Å². The Hall–Kier alpha value is -1.65. The Labute approximate surface area is 114 Å². The highest BCUT2D eigenvalue weighted by molar-refractivity contribution is 5.21. The van der Waals surface area contributed by atoms with Gasteiger partial charge in [0.1, 0.15) is 0 Å². The summed E-state index contributed by atoms with van der Waals surface area (Å²) < 4.78 is 1.80. The van der Waals surface area contributed by atoms with E-state index in [1.807, 2.05) is 56.6 Å². The van der Waals surface area contributed by atoms with Gasteiger partial charge in [-0.25, -0.2) is 0 Å². The molecule has 0 spiro atoms. The zero-order valence-corrected chi connectivity index (χ0v) is 11.5. The lowest BCUT2D eigenvalue weighted by molar-refractivity contribution is 0.0573. The SMILES string of the molecule is Cn1ccc(CCNCC(C)(O)c2ccccc2)n1. The zero-order chi connectivity index (χ0) is 13.7. The Balaban J connectivity index is 1.79. The van der Waals surface area contributed by atoms with Gasteiger partial charge >= 0.3 is 0 Å². The lowest BCUT2D eigenvalue weighted by atomic mass is 9.96. The van der Waals surface area contributed by atoms with E-state index >= 15 is 0 Å². The number of hydrogen-bond acceptors (Lipinski definition) is 3. The van der Waals surface area contributed by atoms with Gasteiger partial charge in [0.15, 0.2) is 0 Å². The van der Waals surface area contributed by atoms with Gasteiger partial charge in [-0.1, -0.05) is 30.3 Å². The van der Waals surface area contributed by atoms with Crippen molar-refractivity contribution in [1.82, 2.24) is 15.1 Å². The predicted octanol–water partition coefficient (Wildman–Crippen LogP) is 1.46. The van der Waals surface area contributed by atoms with Gasteiger partial charge < -0.3 is 10.4 Å². The minimum atomic E-state index is -0.842. The summed E-state index contributed by atoms with van der Waals surface area (Å²) in [6.45, 7) is 3.17. The van der Waals surface area contributed by atoms with Crippen molar-refractivity contribution in [2.24, 2.45) is 7.05 Å². The average molecular weight is 259 g/mol. The molecule has 1 aromatic carbocycles. The molecule has 0 fully saturated rings. The molecule has 0 saturated carbocycles. The fourth-order valence-corrected chi connectivity index (χ4v) is 2.04. The molecular formula is C15H21N3O. The maximum atomic E-state index is 10.4. The van der Waals surface area contributed by atoms with E-state index in [0.717, 1.165) is 24.2 Å². The lowest BCUT2D eigenvalue weighted by Gasteiger charge is -2.24. The number of rotatable bonds is 6. The molecule has 0 aliphatic carbocycles. The fourth-order valence-electron chi connectivity index (χ4n) is 2.04. The van der Waals surface area contributed by atoms with Crippen LogP contribution in [0.5, 0.6) is 0 Å². The molecule has 2 N–H and O–H groups in total. The summed E-state index contributed by atoms with van der Waals surface area (Å²) in [6.07, 6.45) is 2.81. The quantitative estimate of drug-likeness (QED) is 0.772. The second-order valence-corrected chi connectivity index (χ2v) is 5.05. The van der Waals surface area contributed by atoms with Crippen molar-refractivity contribution in [3.05, 3.63) is 53.9 Å². The number of hydrogen-bond donors (Lipinski definition) is 2. The highest BCUT2D eigenvalue weighted by atomic mass is 16.3. The van der Waals surface area contributed by atoms with Gasteiger partial charge in [-0.3, -0.25) is 4.68 Å². The van der Waals surface area contributed by atoms with E-state index in [9.17, 15) is 5.11 Å². The van der Waals surface area contributed by atoms with Crippen LogP contribution in [0.3, 0.4) is 0 Å². The second-order valence-electron chi connectivity index (χ2n) is 5.05. The standard InChI is InChI=1S/C15H21N3O/c1-15(19,13-6-4-3-5-7-13)12-16-10-8-14-9-11-18(2)17-14/h3-7,9,11,16,19H,8,10,12H2,1-2H3. The maximum Gasteiger partial charge on any atom is 0.0992 e. The van der Waals surface area contributed by atoms with Crippen molar-refractivity contribution < 1.29 is 5.11 Å². The van der Waals surface area contributed by atoms with Crippen LogP contribution in [-0.2, 0) is 19.1 Å². The first-order chi connectivity index (χ1) is 9.08. The number of nitrogens with zero attached hydrogens (tertiary/aromatic N) is 2. The third-order valence-electron chi connectivity index (χ3n) is 3.19. The van der Waals surface area contributed by atoms with Gasteiger partial charge in [0, 0.05) is 32.8 Å². The molecule has 0 bridgehead atoms. The van der Waals surface area contributed by atoms with Crippen LogP contribution >= 0.6 is 0 Å². The number of aryl methyl sites for hydroxylation is 1. The summed E-state index contributed by atoms with van der Waals surface area (Å²) in [4.78, 5) is 0. The summed E-state index contributed by atoms with van der Waals surface area (Å²) in [5, 5.41) is 18.0. The van der Waals surface area contributed by atoms with E-state index < -0.39 is 5.60 Å². The molecule has 1 aromatic heterocycles. The molecule has 2 aromatic rings. The smallest absolute Gasteiger partial charge is 0.0992 e. The van der Waals surface area contributed by atoms with Crippen LogP contribution in [0.2, 0.25) is 0 Å². The van der Waals surface area contributed by atoms with Gasteiger partial charge in [-0.2, -0.15) is 5.10 Å². The van der Waals surface area contributed by atoms with Gasteiger partial charge in [0.2, 0.25) is 0 Å². The van der Waals surface area contributed by atoms with Crippen LogP contribution in [-0.4, -0.2) is 28.0 Å². The van der Waals surface area contributed by atoms with Gasteiger partial charge in [-0.15, -0.1) is 0 Å². The van der Waals surface area contributed by atoms with Crippen LogP contribution in [0.4, 0.5) is 0 Å². The molecular weight excluding hydrogens is 238 g/mol. The molecule has 0 saturated heterocycles. The van der Waals surface area contributed by atoms with Crippen molar-refractivity contribution in [2.75, 3.05) is 13.1 Å². The summed E-state index contributed by atoms with van der Waals surface area (Å²) in [5.74, 6) is 0. The number of aliphatic hydroxyl groups is 1. The van der Waals surface area contributed by atoms with E-state index in [1.165, 1.54) is 0 Å². The molecule has 0 radical (unpaired) electrons. The van der Waals surface area contributed by atoms with Crippen LogP contribution in [0, 0.1) is 0 Å². The third kappa shape index (κ3) is 3.91. The van der Waals surface area contributed by atoms with Crippen molar-refractivity contribution in [3.8, 4) is 0 Å². The molecule has 4 nitrogen and oxygen atoms in total. The van der Waals surface area contributed by atoms with Crippen LogP contribution < -0.4 is 5.32 Å². The molecule has 4 heteroatoms. The highest BCUT2D eigenvalue weighted by Gasteiger charge is 2.21. The van der Waals surface area contributed by atoms with E-state index in [-0.39, 0.29) is 0 Å². The number of nitrogens with one attached hydrogen (secondary N) is 1. The molecule has 1 unspecified atom stereocenters. The Morgan fingerprint density at radius 2 is 2.00 bits per heavy atom. The van der Waals surface area contributed by atoms with E-state index in [0.29, 0.717) is 6.54 Å². The van der Waals surface area contributed by atoms with Gasteiger partial charge in [0.25, 0.3) is 0 Å². The monoisotopic (exact) mass is 259 g/mol. The summed E-state index contributed by atoms with van der Waals surface area (Å²) in [5.41, 5.74) is 1.15. The third-order valence-corrected chi connectivity index (χ3v) is 3.19. The van der Waals surface area contributed by atoms with Gasteiger partial charge in [0.05, 0.1) is 11.3 Å². The Bertz CT molecular complexity index is 505. The number of aromatic nitrogens is 2. The molecule has 1 heterocycles. The molecule has 102 valence electrons.